The van der Waals surface area contributed by atoms with Gasteiger partial charge in [0.15, 0.2) is 0 Å². The Bertz CT molecular complexity index is 198. The summed E-state index contributed by atoms with van der Waals surface area (Å²) in [5, 5.41) is 12.1. The molecule has 0 heterocycles. The van der Waals surface area contributed by atoms with Crippen molar-refractivity contribution in [3.63, 3.8) is 0 Å². The standard InChI is InChI=1S/C11H23NO2/c1-8(10(2,3)4)7-12-9(13)11(5,6)14/h8,14H,7H2,1-6H3,(H,12,13). The van der Waals surface area contributed by atoms with E-state index in [2.05, 4.69) is 33.0 Å². The van der Waals surface area contributed by atoms with Gasteiger partial charge in [-0.25, -0.2) is 0 Å². The van der Waals surface area contributed by atoms with E-state index in [0.717, 1.165) is 0 Å². The molecule has 3 nitrogen and oxygen atoms in total. The van der Waals surface area contributed by atoms with E-state index in [-0.39, 0.29) is 11.3 Å². The van der Waals surface area contributed by atoms with Crippen molar-refractivity contribution in [3.05, 3.63) is 0 Å². The molecule has 0 fully saturated rings. The SMILES string of the molecule is CC(CNC(=O)C(C)(C)O)C(C)(C)C. The Balaban J connectivity index is 4.03. The van der Waals surface area contributed by atoms with E-state index in [9.17, 15) is 9.90 Å². The van der Waals surface area contributed by atoms with Crippen LogP contribution in [0.5, 0.6) is 0 Å². The first-order chi connectivity index (χ1) is 6.05. The maximum atomic E-state index is 11.3. The van der Waals surface area contributed by atoms with Gasteiger partial charge in [-0.3, -0.25) is 4.79 Å². The average Bonchev–Trinajstić information content (AvgIpc) is 1.95. The van der Waals surface area contributed by atoms with Crippen molar-refractivity contribution < 1.29 is 9.90 Å². The zero-order chi connectivity index (χ0) is 11.6. The van der Waals surface area contributed by atoms with Crippen molar-refractivity contribution in [1.82, 2.24) is 5.32 Å². The zero-order valence-corrected chi connectivity index (χ0v) is 10.1. The molecule has 14 heavy (non-hydrogen) atoms. The molecule has 1 amide bonds. The molecule has 1 atom stereocenters. The third-order valence-electron chi connectivity index (χ3n) is 2.60. The van der Waals surface area contributed by atoms with Crippen LogP contribution in [-0.2, 0) is 4.79 Å². The molecule has 1 unspecified atom stereocenters. The van der Waals surface area contributed by atoms with Crippen molar-refractivity contribution in [2.75, 3.05) is 6.54 Å². The monoisotopic (exact) mass is 201 g/mol. The van der Waals surface area contributed by atoms with Crippen LogP contribution in [-0.4, -0.2) is 23.2 Å². The van der Waals surface area contributed by atoms with Gasteiger partial charge in [0.25, 0.3) is 5.91 Å². The molecule has 0 aliphatic carbocycles. The van der Waals surface area contributed by atoms with Gasteiger partial charge in [0, 0.05) is 6.54 Å². The van der Waals surface area contributed by atoms with Gasteiger partial charge in [-0.05, 0) is 25.2 Å². The summed E-state index contributed by atoms with van der Waals surface area (Å²) in [5.41, 5.74) is -1.11. The van der Waals surface area contributed by atoms with Crippen LogP contribution in [0.2, 0.25) is 0 Å². The van der Waals surface area contributed by atoms with Crippen LogP contribution in [0.25, 0.3) is 0 Å². The lowest BCUT2D eigenvalue weighted by molar-refractivity contribution is -0.136. The lowest BCUT2D eigenvalue weighted by atomic mass is 9.82. The van der Waals surface area contributed by atoms with Crippen LogP contribution >= 0.6 is 0 Å². The zero-order valence-electron chi connectivity index (χ0n) is 10.1. The normalized spacial score (nSPS) is 15.1. The highest BCUT2D eigenvalue weighted by molar-refractivity contribution is 5.83. The van der Waals surface area contributed by atoms with Crippen LogP contribution in [0.3, 0.4) is 0 Å². The molecular formula is C11H23NO2. The van der Waals surface area contributed by atoms with Crippen LogP contribution in [0.1, 0.15) is 41.5 Å². The second-order valence-corrected chi connectivity index (χ2v) is 5.54. The summed E-state index contributed by atoms with van der Waals surface area (Å²) in [6, 6.07) is 0. The molecule has 0 aliphatic heterocycles. The molecule has 0 rings (SSSR count). The largest absolute Gasteiger partial charge is 0.381 e. The van der Waals surface area contributed by atoms with Gasteiger partial charge in [0.2, 0.25) is 0 Å². The summed E-state index contributed by atoms with van der Waals surface area (Å²) in [7, 11) is 0. The Hall–Kier alpha value is -0.570. The fraction of sp³-hybridized carbons (Fsp3) is 0.909. The fourth-order valence-corrected chi connectivity index (χ4v) is 0.768. The van der Waals surface area contributed by atoms with Gasteiger partial charge < -0.3 is 10.4 Å². The summed E-state index contributed by atoms with van der Waals surface area (Å²) in [5.74, 6) is 0.0717. The fourth-order valence-electron chi connectivity index (χ4n) is 0.768. The molecule has 0 spiro atoms. The average molecular weight is 201 g/mol. The number of hydrogen-bond donors (Lipinski definition) is 2. The number of carbonyl (C=O) groups excluding carboxylic acids is 1. The first-order valence-electron chi connectivity index (χ1n) is 5.06. The molecular weight excluding hydrogens is 178 g/mol. The highest BCUT2D eigenvalue weighted by Gasteiger charge is 2.26. The minimum absolute atomic E-state index is 0.173. The third-order valence-corrected chi connectivity index (χ3v) is 2.60. The molecule has 0 aliphatic rings. The number of carbonyl (C=O) groups is 1. The minimum atomic E-state index is -1.28. The molecule has 0 aromatic carbocycles. The van der Waals surface area contributed by atoms with Crippen LogP contribution < -0.4 is 5.32 Å². The Morgan fingerprint density at radius 3 is 2.00 bits per heavy atom. The maximum absolute atomic E-state index is 11.3. The molecule has 0 radical (unpaired) electrons. The first-order valence-corrected chi connectivity index (χ1v) is 5.06. The topological polar surface area (TPSA) is 49.3 Å². The summed E-state index contributed by atoms with van der Waals surface area (Å²) in [6.07, 6.45) is 0. The van der Waals surface area contributed by atoms with Crippen LogP contribution in [0, 0.1) is 11.3 Å². The maximum Gasteiger partial charge on any atom is 0.251 e. The van der Waals surface area contributed by atoms with Gasteiger partial charge in [-0.1, -0.05) is 27.7 Å². The van der Waals surface area contributed by atoms with Gasteiger partial charge >= 0.3 is 0 Å². The van der Waals surface area contributed by atoms with E-state index in [1.807, 2.05) is 0 Å². The Labute approximate surface area is 86.9 Å². The smallest absolute Gasteiger partial charge is 0.251 e. The summed E-state index contributed by atoms with van der Waals surface area (Å²) in [6.45, 7) is 12.1. The molecule has 0 saturated heterocycles. The van der Waals surface area contributed by atoms with E-state index < -0.39 is 5.60 Å². The third kappa shape index (κ3) is 4.61. The van der Waals surface area contributed by atoms with Crippen molar-refractivity contribution in [2.45, 2.75) is 47.1 Å². The van der Waals surface area contributed by atoms with Gasteiger partial charge in [-0.2, -0.15) is 0 Å². The van der Waals surface area contributed by atoms with Crippen molar-refractivity contribution in [1.29, 1.82) is 0 Å². The van der Waals surface area contributed by atoms with Gasteiger partial charge in [-0.15, -0.1) is 0 Å². The highest BCUT2D eigenvalue weighted by atomic mass is 16.3. The lowest BCUT2D eigenvalue weighted by Crippen LogP contribution is -2.44. The molecule has 0 aromatic rings. The van der Waals surface area contributed by atoms with E-state index in [0.29, 0.717) is 12.5 Å². The quantitative estimate of drug-likeness (QED) is 0.728. The second-order valence-electron chi connectivity index (χ2n) is 5.54. The molecule has 0 aromatic heterocycles. The number of rotatable bonds is 3. The number of amides is 1. The van der Waals surface area contributed by atoms with Crippen LogP contribution in [0.15, 0.2) is 0 Å². The second kappa shape index (κ2) is 4.30. The van der Waals surface area contributed by atoms with Crippen LogP contribution in [0.4, 0.5) is 0 Å². The first kappa shape index (κ1) is 13.4. The van der Waals surface area contributed by atoms with E-state index in [1.165, 1.54) is 13.8 Å². The Morgan fingerprint density at radius 1 is 1.29 bits per heavy atom. The molecule has 84 valence electrons. The number of nitrogens with one attached hydrogen (secondary N) is 1. The number of aliphatic hydroxyl groups is 1. The van der Waals surface area contributed by atoms with Gasteiger partial charge in [0.1, 0.15) is 5.60 Å². The predicted octanol–water partition coefficient (Wildman–Crippen LogP) is 1.56. The van der Waals surface area contributed by atoms with Crippen molar-refractivity contribution >= 4 is 5.91 Å². The molecule has 3 heteroatoms. The van der Waals surface area contributed by atoms with E-state index in [1.54, 1.807) is 0 Å². The summed E-state index contributed by atoms with van der Waals surface area (Å²) in [4.78, 5) is 11.3. The summed E-state index contributed by atoms with van der Waals surface area (Å²) >= 11 is 0. The van der Waals surface area contributed by atoms with Gasteiger partial charge in [0.05, 0.1) is 0 Å². The molecule has 2 N–H and O–H groups in total. The highest BCUT2D eigenvalue weighted by Crippen LogP contribution is 2.24. The van der Waals surface area contributed by atoms with E-state index >= 15 is 0 Å². The Morgan fingerprint density at radius 2 is 1.71 bits per heavy atom. The number of hydrogen-bond acceptors (Lipinski definition) is 2. The van der Waals surface area contributed by atoms with E-state index in [4.69, 9.17) is 0 Å². The lowest BCUT2D eigenvalue weighted by Gasteiger charge is -2.28. The van der Waals surface area contributed by atoms with Crippen molar-refractivity contribution in [3.8, 4) is 0 Å². The predicted molar refractivity (Wildman–Crippen MR) is 57.9 cm³/mol. The molecule has 0 saturated carbocycles. The minimum Gasteiger partial charge on any atom is -0.381 e. The van der Waals surface area contributed by atoms with Crippen molar-refractivity contribution in [2.24, 2.45) is 11.3 Å². The summed E-state index contributed by atoms with van der Waals surface area (Å²) < 4.78 is 0. The Kier molecular flexibility index (Phi) is 4.13. The molecule has 0 bridgehead atoms.